The van der Waals surface area contributed by atoms with E-state index in [4.69, 9.17) is 9.47 Å². The number of H-pyrrole nitrogens is 1. The predicted molar refractivity (Wildman–Crippen MR) is 74.1 cm³/mol. The first-order chi connectivity index (χ1) is 9.95. The number of nitrogens with zero attached hydrogens (tertiary/aromatic N) is 1. The van der Waals surface area contributed by atoms with E-state index in [0.717, 1.165) is 0 Å². The Bertz CT molecular complexity index is 606. The third-order valence-corrected chi connectivity index (χ3v) is 3.05. The number of hydrogen-bond acceptors (Lipinski definition) is 5. The zero-order valence-electron chi connectivity index (χ0n) is 12.0. The third-order valence-electron chi connectivity index (χ3n) is 3.05. The normalized spacial score (nSPS) is 21.5. The van der Waals surface area contributed by atoms with Gasteiger partial charge in [0.05, 0.1) is 6.10 Å². The highest BCUT2D eigenvalue weighted by atomic mass is 16.6. The molecule has 1 amide bonds. The van der Waals surface area contributed by atoms with Crippen LogP contribution in [0.15, 0.2) is 21.9 Å². The Labute approximate surface area is 121 Å². The van der Waals surface area contributed by atoms with E-state index in [9.17, 15) is 14.4 Å². The van der Waals surface area contributed by atoms with Gasteiger partial charge in [0.25, 0.3) is 5.56 Å². The third kappa shape index (κ3) is 4.19. The van der Waals surface area contributed by atoms with Gasteiger partial charge in [0.1, 0.15) is 12.8 Å². The molecule has 1 aromatic heterocycles. The van der Waals surface area contributed by atoms with Gasteiger partial charge in [-0.3, -0.25) is 14.3 Å². The molecule has 8 nitrogen and oxygen atoms in total. The molecule has 0 aromatic carbocycles. The number of amides is 1. The lowest BCUT2D eigenvalue weighted by Gasteiger charge is -2.16. The van der Waals surface area contributed by atoms with E-state index in [-0.39, 0.29) is 18.8 Å². The molecule has 1 fully saturated rings. The number of aromatic amines is 1. The molecule has 0 aliphatic carbocycles. The molecule has 0 bridgehead atoms. The average molecular weight is 297 g/mol. The Balaban J connectivity index is 1.87. The van der Waals surface area contributed by atoms with Gasteiger partial charge in [0.15, 0.2) is 0 Å². The molecule has 2 rings (SSSR count). The van der Waals surface area contributed by atoms with Crippen molar-refractivity contribution in [2.24, 2.45) is 0 Å². The van der Waals surface area contributed by atoms with Gasteiger partial charge < -0.3 is 14.8 Å². The van der Waals surface area contributed by atoms with E-state index in [1.165, 1.54) is 16.8 Å². The summed E-state index contributed by atoms with van der Waals surface area (Å²) >= 11 is 0. The number of ether oxygens (including phenoxy) is 2. The number of hydrogen-bond donors (Lipinski definition) is 2. The van der Waals surface area contributed by atoms with Gasteiger partial charge in [-0.2, -0.15) is 0 Å². The van der Waals surface area contributed by atoms with Gasteiger partial charge in [-0.05, 0) is 26.7 Å². The largest absolute Gasteiger partial charge is 0.447 e. The molecule has 2 unspecified atom stereocenters. The summed E-state index contributed by atoms with van der Waals surface area (Å²) in [5.74, 6) is 0. The summed E-state index contributed by atoms with van der Waals surface area (Å²) < 4.78 is 12.0. The van der Waals surface area contributed by atoms with Crippen LogP contribution in [0.3, 0.4) is 0 Å². The van der Waals surface area contributed by atoms with Crippen LogP contribution in [0.5, 0.6) is 0 Å². The van der Waals surface area contributed by atoms with Gasteiger partial charge in [0.2, 0.25) is 0 Å². The van der Waals surface area contributed by atoms with Crippen LogP contribution in [0.4, 0.5) is 4.79 Å². The molecule has 2 heterocycles. The second kappa shape index (κ2) is 6.57. The molecule has 21 heavy (non-hydrogen) atoms. The first-order valence-electron chi connectivity index (χ1n) is 6.86. The molecule has 0 spiro atoms. The van der Waals surface area contributed by atoms with Crippen LogP contribution >= 0.6 is 0 Å². The molecule has 116 valence electrons. The quantitative estimate of drug-likeness (QED) is 0.834. The molecule has 1 saturated heterocycles. The lowest BCUT2D eigenvalue weighted by atomic mass is 10.2. The van der Waals surface area contributed by atoms with Crippen molar-refractivity contribution in [3.63, 3.8) is 0 Å². The van der Waals surface area contributed by atoms with Gasteiger partial charge in [-0.15, -0.1) is 0 Å². The molecule has 1 aromatic rings. The van der Waals surface area contributed by atoms with Crippen LogP contribution in [0.1, 0.15) is 32.9 Å². The molecule has 2 N–H and O–H groups in total. The summed E-state index contributed by atoms with van der Waals surface area (Å²) in [6.45, 7) is 3.81. The summed E-state index contributed by atoms with van der Waals surface area (Å²) in [7, 11) is 0. The molecule has 8 heteroatoms. The van der Waals surface area contributed by atoms with Gasteiger partial charge in [0, 0.05) is 18.3 Å². The minimum absolute atomic E-state index is 0.00876. The maximum absolute atomic E-state index is 11.7. The van der Waals surface area contributed by atoms with Crippen LogP contribution in [-0.2, 0) is 9.47 Å². The number of rotatable bonds is 4. The summed E-state index contributed by atoms with van der Waals surface area (Å²) in [4.78, 5) is 36.2. The monoisotopic (exact) mass is 297 g/mol. The summed E-state index contributed by atoms with van der Waals surface area (Å²) in [6, 6.07) is 1.28. The van der Waals surface area contributed by atoms with E-state index in [2.05, 4.69) is 10.3 Å². The van der Waals surface area contributed by atoms with Crippen LogP contribution in [0.2, 0.25) is 0 Å². The minimum Gasteiger partial charge on any atom is -0.447 e. The SMILES string of the molecule is CC(C)NC(=O)OCC1CCC(n2ccc(=O)[nH]c2=O)O1. The van der Waals surface area contributed by atoms with Crippen LogP contribution in [0, 0.1) is 0 Å². The van der Waals surface area contributed by atoms with E-state index in [0.29, 0.717) is 12.8 Å². The molecule has 0 radical (unpaired) electrons. The maximum Gasteiger partial charge on any atom is 0.407 e. The van der Waals surface area contributed by atoms with Crippen molar-refractivity contribution >= 4 is 6.09 Å². The summed E-state index contributed by atoms with van der Waals surface area (Å²) in [5, 5.41) is 2.61. The van der Waals surface area contributed by atoms with Crippen molar-refractivity contribution in [2.45, 2.75) is 45.1 Å². The Kier molecular flexibility index (Phi) is 4.79. The van der Waals surface area contributed by atoms with E-state index < -0.39 is 23.6 Å². The van der Waals surface area contributed by atoms with Crippen molar-refractivity contribution in [3.05, 3.63) is 33.1 Å². The molecule has 1 aliphatic rings. The highest BCUT2D eigenvalue weighted by Gasteiger charge is 2.28. The topological polar surface area (TPSA) is 102 Å². The standard InChI is InChI=1S/C13H19N3O5/c1-8(2)14-13(19)20-7-9-3-4-11(21-9)16-6-5-10(17)15-12(16)18/h5-6,8-9,11H,3-4,7H2,1-2H3,(H,14,19)(H,15,17,18). The fraction of sp³-hybridized carbons (Fsp3) is 0.615. The Morgan fingerprint density at radius 2 is 2.29 bits per heavy atom. The van der Waals surface area contributed by atoms with Crippen molar-refractivity contribution in [1.82, 2.24) is 14.9 Å². The predicted octanol–water partition coefficient (Wildman–Crippen LogP) is 0.349. The van der Waals surface area contributed by atoms with Crippen molar-refractivity contribution in [3.8, 4) is 0 Å². The van der Waals surface area contributed by atoms with E-state index in [1.54, 1.807) is 0 Å². The van der Waals surface area contributed by atoms with Crippen molar-refractivity contribution < 1.29 is 14.3 Å². The van der Waals surface area contributed by atoms with Crippen LogP contribution in [-0.4, -0.2) is 34.4 Å². The number of aromatic nitrogens is 2. The molecule has 0 saturated carbocycles. The zero-order valence-corrected chi connectivity index (χ0v) is 12.0. The maximum atomic E-state index is 11.7. The van der Waals surface area contributed by atoms with Crippen molar-refractivity contribution in [1.29, 1.82) is 0 Å². The van der Waals surface area contributed by atoms with Gasteiger partial charge in [-0.1, -0.05) is 0 Å². The fourth-order valence-electron chi connectivity index (χ4n) is 2.11. The van der Waals surface area contributed by atoms with E-state index in [1.807, 2.05) is 13.8 Å². The van der Waals surface area contributed by atoms with Gasteiger partial charge in [-0.25, -0.2) is 9.59 Å². The van der Waals surface area contributed by atoms with Crippen LogP contribution < -0.4 is 16.6 Å². The summed E-state index contributed by atoms with van der Waals surface area (Å²) in [5.41, 5.74) is -0.953. The molecular weight excluding hydrogens is 278 g/mol. The number of alkyl carbamates (subject to hydrolysis) is 1. The summed E-state index contributed by atoms with van der Waals surface area (Å²) in [6.07, 6.45) is 1.50. The highest BCUT2D eigenvalue weighted by molar-refractivity contribution is 5.67. The first-order valence-corrected chi connectivity index (χ1v) is 6.86. The number of carbonyl (C=O) groups excluding carboxylic acids is 1. The van der Waals surface area contributed by atoms with Crippen LogP contribution in [0.25, 0.3) is 0 Å². The average Bonchev–Trinajstić information content (AvgIpc) is 2.84. The Hall–Kier alpha value is -2.09. The molecule has 2 atom stereocenters. The van der Waals surface area contributed by atoms with E-state index >= 15 is 0 Å². The zero-order chi connectivity index (χ0) is 15.4. The minimum atomic E-state index is -0.508. The fourth-order valence-corrected chi connectivity index (χ4v) is 2.11. The number of carbonyl (C=O) groups is 1. The molecule has 1 aliphatic heterocycles. The lowest BCUT2D eigenvalue weighted by molar-refractivity contribution is -0.0285. The molecular formula is C13H19N3O5. The van der Waals surface area contributed by atoms with Crippen molar-refractivity contribution in [2.75, 3.05) is 6.61 Å². The van der Waals surface area contributed by atoms with Gasteiger partial charge >= 0.3 is 11.8 Å². The lowest BCUT2D eigenvalue weighted by Crippen LogP contribution is -2.33. The number of nitrogens with one attached hydrogen (secondary N) is 2. The highest BCUT2D eigenvalue weighted by Crippen LogP contribution is 2.26. The second-order valence-corrected chi connectivity index (χ2v) is 5.21. The Morgan fingerprint density at radius 3 is 2.95 bits per heavy atom. The second-order valence-electron chi connectivity index (χ2n) is 5.21. The smallest absolute Gasteiger partial charge is 0.407 e. The first kappa shape index (κ1) is 15.3. The Morgan fingerprint density at radius 1 is 1.52 bits per heavy atom.